The molecule has 0 saturated carbocycles. The standard InChI is InChI=1S/C9H10N2O5/c1-2-16-9(13)5-6-7(11(14)15)3-4-8(12)10-6/h3-4H,2,5H2,1H3,(H,10,12). The van der Waals surface area contributed by atoms with E-state index >= 15 is 0 Å². The van der Waals surface area contributed by atoms with Gasteiger partial charge in [-0.1, -0.05) is 0 Å². The minimum atomic E-state index is -0.662. The molecule has 0 aromatic carbocycles. The molecule has 1 aromatic heterocycles. The van der Waals surface area contributed by atoms with Gasteiger partial charge in [0.05, 0.1) is 18.0 Å². The maximum Gasteiger partial charge on any atom is 0.312 e. The molecule has 0 aliphatic heterocycles. The first kappa shape index (κ1) is 11.9. The molecule has 0 unspecified atom stereocenters. The summed E-state index contributed by atoms with van der Waals surface area (Å²) < 4.78 is 4.64. The Morgan fingerprint density at radius 3 is 2.81 bits per heavy atom. The number of carbonyl (C=O) groups excluding carboxylic acids is 1. The number of rotatable bonds is 4. The van der Waals surface area contributed by atoms with Crippen LogP contribution in [-0.4, -0.2) is 22.5 Å². The van der Waals surface area contributed by atoms with E-state index in [4.69, 9.17) is 0 Å². The molecule has 0 saturated heterocycles. The Morgan fingerprint density at radius 1 is 1.56 bits per heavy atom. The average Bonchev–Trinajstić information content (AvgIpc) is 2.17. The van der Waals surface area contributed by atoms with Gasteiger partial charge in [-0.05, 0) is 6.92 Å². The minimum Gasteiger partial charge on any atom is -0.466 e. The number of hydrogen-bond acceptors (Lipinski definition) is 5. The van der Waals surface area contributed by atoms with Crippen molar-refractivity contribution in [3.8, 4) is 0 Å². The maximum absolute atomic E-state index is 11.1. The molecule has 1 aromatic rings. The monoisotopic (exact) mass is 226 g/mol. The number of H-pyrrole nitrogens is 1. The first-order valence-corrected chi connectivity index (χ1v) is 4.56. The van der Waals surface area contributed by atoms with E-state index in [0.29, 0.717) is 0 Å². The van der Waals surface area contributed by atoms with Gasteiger partial charge < -0.3 is 9.72 Å². The summed E-state index contributed by atoms with van der Waals surface area (Å²) in [4.78, 5) is 34.3. The number of aromatic nitrogens is 1. The van der Waals surface area contributed by atoms with E-state index in [1.165, 1.54) is 0 Å². The number of nitrogens with one attached hydrogen (secondary N) is 1. The molecular weight excluding hydrogens is 216 g/mol. The highest BCUT2D eigenvalue weighted by Gasteiger charge is 2.17. The van der Waals surface area contributed by atoms with Gasteiger partial charge in [-0.2, -0.15) is 0 Å². The van der Waals surface area contributed by atoms with Crippen LogP contribution in [0.4, 0.5) is 5.69 Å². The van der Waals surface area contributed by atoms with Crippen molar-refractivity contribution in [3.05, 3.63) is 38.3 Å². The topological polar surface area (TPSA) is 102 Å². The van der Waals surface area contributed by atoms with Crippen LogP contribution >= 0.6 is 0 Å². The highest BCUT2D eigenvalue weighted by atomic mass is 16.6. The lowest BCUT2D eigenvalue weighted by molar-refractivity contribution is -0.385. The molecule has 7 heteroatoms. The summed E-state index contributed by atoms with van der Waals surface area (Å²) in [7, 11) is 0. The van der Waals surface area contributed by atoms with Crippen molar-refractivity contribution in [2.24, 2.45) is 0 Å². The van der Waals surface area contributed by atoms with Crippen molar-refractivity contribution >= 4 is 11.7 Å². The molecular formula is C9H10N2O5. The van der Waals surface area contributed by atoms with E-state index in [0.717, 1.165) is 12.1 Å². The van der Waals surface area contributed by atoms with Gasteiger partial charge in [-0.25, -0.2) is 0 Å². The molecule has 0 fully saturated rings. The van der Waals surface area contributed by atoms with Crippen molar-refractivity contribution in [2.45, 2.75) is 13.3 Å². The predicted octanol–water partition coefficient (Wildman–Crippen LogP) is 0.389. The summed E-state index contributed by atoms with van der Waals surface area (Å²) in [5, 5.41) is 10.6. The van der Waals surface area contributed by atoms with Crippen molar-refractivity contribution in [1.29, 1.82) is 0 Å². The number of carbonyl (C=O) groups is 1. The SMILES string of the molecule is CCOC(=O)Cc1[nH]c(=O)ccc1[N+](=O)[O-]. The third-order valence-electron chi connectivity index (χ3n) is 1.80. The van der Waals surface area contributed by atoms with Gasteiger partial charge in [0.15, 0.2) is 0 Å². The molecule has 86 valence electrons. The normalized spacial score (nSPS) is 9.81. The van der Waals surface area contributed by atoms with Gasteiger partial charge in [-0.15, -0.1) is 0 Å². The van der Waals surface area contributed by atoms with Gasteiger partial charge in [0.2, 0.25) is 5.56 Å². The fraction of sp³-hybridized carbons (Fsp3) is 0.333. The third kappa shape index (κ3) is 2.91. The fourth-order valence-electron chi connectivity index (χ4n) is 1.17. The fourth-order valence-corrected chi connectivity index (χ4v) is 1.17. The summed E-state index contributed by atoms with van der Waals surface area (Å²) in [6.45, 7) is 1.81. The zero-order valence-corrected chi connectivity index (χ0v) is 8.56. The lowest BCUT2D eigenvalue weighted by atomic mass is 10.2. The summed E-state index contributed by atoms with van der Waals surface area (Å²) >= 11 is 0. The third-order valence-corrected chi connectivity index (χ3v) is 1.80. The zero-order valence-electron chi connectivity index (χ0n) is 8.56. The molecule has 0 amide bonds. The van der Waals surface area contributed by atoms with Crippen LogP contribution in [0.3, 0.4) is 0 Å². The number of nitro groups is 1. The van der Waals surface area contributed by atoms with Gasteiger partial charge in [-0.3, -0.25) is 19.7 Å². The van der Waals surface area contributed by atoms with E-state index in [1.54, 1.807) is 6.92 Å². The average molecular weight is 226 g/mol. The lowest BCUT2D eigenvalue weighted by Gasteiger charge is -2.02. The first-order valence-electron chi connectivity index (χ1n) is 4.56. The second-order valence-electron chi connectivity index (χ2n) is 2.93. The quantitative estimate of drug-likeness (QED) is 0.454. The Kier molecular flexibility index (Phi) is 3.76. The zero-order chi connectivity index (χ0) is 12.1. The van der Waals surface area contributed by atoms with Crippen LogP contribution in [0.1, 0.15) is 12.6 Å². The van der Waals surface area contributed by atoms with Crippen molar-refractivity contribution in [2.75, 3.05) is 6.61 Å². The number of ether oxygens (including phenoxy) is 1. The van der Waals surface area contributed by atoms with E-state index in [1.807, 2.05) is 0 Å². The lowest BCUT2D eigenvalue weighted by Crippen LogP contribution is -2.15. The Bertz CT molecular complexity index is 465. The Hall–Kier alpha value is -2.18. The molecule has 16 heavy (non-hydrogen) atoms. The number of esters is 1. The highest BCUT2D eigenvalue weighted by molar-refractivity contribution is 5.73. The minimum absolute atomic E-state index is 0.0454. The smallest absolute Gasteiger partial charge is 0.312 e. The number of nitrogens with zero attached hydrogens (tertiary/aromatic N) is 1. The summed E-state index contributed by atoms with van der Waals surface area (Å²) in [5.41, 5.74) is -0.839. The van der Waals surface area contributed by atoms with Crippen LogP contribution in [0.15, 0.2) is 16.9 Å². The van der Waals surface area contributed by atoms with E-state index in [-0.39, 0.29) is 24.4 Å². The Labute approximate surface area is 90.2 Å². The van der Waals surface area contributed by atoms with E-state index in [2.05, 4.69) is 9.72 Å². The van der Waals surface area contributed by atoms with Crippen LogP contribution in [0, 0.1) is 10.1 Å². The van der Waals surface area contributed by atoms with E-state index in [9.17, 15) is 19.7 Å². The van der Waals surface area contributed by atoms with Crippen molar-refractivity contribution in [1.82, 2.24) is 4.98 Å². The number of pyridine rings is 1. The number of aromatic amines is 1. The van der Waals surface area contributed by atoms with Gasteiger partial charge in [0.1, 0.15) is 5.69 Å². The molecule has 0 aliphatic rings. The maximum atomic E-state index is 11.1. The van der Waals surface area contributed by atoms with Gasteiger partial charge in [0.25, 0.3) is 5.69 Å². The second kappa shape index (κ2) is 5.06. The van der Waals surface area contributed by atoms with Crippen LogP contribution in [0.25, 0.3) is 0 Å². The molecule has 0 aliphatic carbocycles. The summed E-state index contributed by atoms with van der Waals surface area (Å²) in [5.74, 6) is -0.618. The van der Waals surface area contributed by atoms with Crippen LogP contribution in [0.2, 0.25) is 0 Å². The van der Waals surface area contributed by atoms with Crippen LogP contribution in [0.5, 0.6) is 0 Å². The molecule has 0 spiro atoms. The van der Waals surface area contributed by atoms with Gasteiger partial charge in [0, 0.05) is 12.1 Å². The second-order valence-corrected chi connectivity index (χ2v) is 2.93. The molecule has 7 nitrogen and oxygen atoms in total. The molecule has 0 atom stereocenters. The van der Waals surface area contributed by atoms with Crippen LogP contribution < -0.4 is 5.56 Å². The predicted molar refractivity (Wildman–Crippen MR) is 54.1 cm³/mol. The number of hydrogen-bond donors (Lipinski definition) is 1. The Morgan fingerprint density at radius 2 is 2.25 bits per heavy atom. The van der Waals surface area contributed by atoms with E-state index < -0.39 is 16.5 Å². The molecule has 0 bridgehead atoms. The molecule has 1 N–H and O–H groups in total. The summed E-state index contributed by atoms with van der Waals surface area (Å²) in [6.07, 6.45) is -0.319. The van der Waals surface area contributed by atoms with Gasteiger partial charge >= 0.3 is 5.97 Å². The highest BCUT2D eigenvalue weighted by Crippen LogP contribution is 2.14. The van der Waals surface area contributed by atoms with Crippen molar-refractivity contribution in [3.63, 3.8) is 0 Å². The first-order chi connectivity index (χ1) is 7.54. The largest absolute Gasteiger partial charge is 0.466 e. The molecule has 0 radical (unpaired) electrons. The molecule has 1 heterocycles. The summed E-state index contributed by atoms with van der Waals surface area (Å²) in [6, 6.07) is 2.10. The van der Waals surface area contributed by atoms with Crippen molar-refractivity contribution < 1.29 is 14.5 Å². The van der Waals surface area contributed by atoms with Crippen LogP contribution in [-0.2, 0) is 16.0 Å². The Balaban J connectivity index is 3.01. The molecule has 1 rings (SSSR count).